The van der Waals surface area contributed by atoms with Crippen molar-refractivity contribution >= 4 is 42.7 Å². The van der Waals surface area contributed by atoms with Crippen LogP contribution in [0.15, 0.2) is 52.1 Å². The van der Waals surface area contributed by atoms with Gasteiger partial charge in [-0.05, 0) is 30.3 Å². The molecule has 1 aromatic heterocycles. The fraction of sp³-hybridized carbons (Fsp3) is 0.278. The summed E-state index contributed by atoms with van der Waals surface area (Å²) in [5.41, 5.74) is 2.18. The Hall–Kier alpha value is -2.10. The molecule has 2 heterocycles. The van der Waals surface area contributed by atoms with Crippen LogP contribution in [0.3, 0.4) is 0 Å². The van der Waals surface area contributed by atoms with Gasteiger partial charge in [0.25, 0.3) is 10.0 Å². The molecule has 27 heavy (non-hydrogen) atoms. The number of methoxy groups -OCH3 is 1. The van der Waals surface area contributed by atoms with E-state index in [0.717, 1.165) is 31.9 Å². The first-order valence-corrected chi connectivity index (χ1v) is 10.8. The lowest BCUT2D eigenvalue weighted by Gasteiger charge is -2.29. The molecule has 0 saturated carbocycles. The lowest BCUT2D eigenvalue weighted by atomic mass is 10.2. The van der Waals surface area contributed by atoms with Crippen LogP contribution in [0.25, 0.3) is 11.0 Å². The maximum Gasteiger partial charge on any atom is 0.273 e. The molecule has 1 aliphatic heterocycles. The van der Waals surface area contributed by atoms with Crippen molar-refractivity contribution in [1.29, 1.82) is 0 Å². The third kappa shape index (κ3) is 3.19. The predicted molar refractivity (Wildman–Crippen MR) is 108 cm³/mol. The van der Waals surface area contributed by atoms with E-state index in [1.165, 1.54) is 17.4 Å². The van der Waals surface area contributed by atoms with Crippen molar-refractivity contribution < 1.29 is 13.2 Å². The van der Waals surface area contributed by atoms with E-state index < -0.39 is 10.0 Å². The van der Waals surface area contributed by atoms with Crippen molar-refractivity contribution in [1.82, 2.24) is 14.3 Å². The molecule has 0 bridgehead atoms. The van der Waals surface area contributed by atoms with Gasteiger partial charge in [0.15, 0.2) is 0 Å². The summed E-state index contributed by atoms with van der Waals surface area (Å²) in [5, 5.41) is 3.32. The highest BCUT2D eigenvalue weighted by Gasteiger charge is 2.25. The number of fused-ring (bicyclic) bond motifs is 1. The third-order valence-corrected chi connectivity index (χ3v) is 6.82. The minimum atomic E-state index is -3.87. The molecule has 3 aromatic rings. The smallest absolute Gasteiger partial charge is 0.273 e. The molecule has 0 spiro atoms. The topological polar surface area (TPSA) is 76.5 Å². The van der Waals surface area contributed by atoms with E-state index in [2.05, 4.69) is 31.1 Å². The lowest BCUT2D eigenvalue weighted by molar-refractivity contribution is 0.402. The Morgan fingerprint density at radius 2 is 1.96 bits per heavy atom. The summed E-state index contributed by atoms with van der Waals surface area (Å²) in [6.07, 6.45) is 1.37. The summed E-state index contributed by atoms with van der Waals surface area (Å²) in [7, 11) is -2.41. The second kappa shape index (κ2) is 7.14. The molecule has 0 radical (unpaired) electrons. The van der Waals surface area contributed by atoms with E-state index in [1.807, 2.05) is 12.1 Å². The molecular weight excluding hydrogens is 432 g/mol. The first kappa shape index (κ1) is 18.3. The molecule has 1 aliphatic rings. The lowest BCUT2D eigenvalue weighted by Crippen LogP contribution is -2.43. The largest absolute Gasteiger partial charge is 0.495 e. The van der Waals surface area contributed by atoms with Gasteiger partial charge < -0.3 is 15.0 Å². The van der Waals surface area contributed by atoms with Gasteiger partial charge in [-0.25, -0.2) is 17.4 Å². The van der Waals surface area contributed by atoms with Crippen LogP contribution < -0.4 is 15.0 Å². The Morgan fingerprint density at radius 3 is 2.70 bits per heavy atom. The number of benzene rings is 2. The summed E-state index contributed by atoms with van der Waals surface area (Å²) >= 11 is 3.34. The normalized spacial score (nSPS) is 15.3. The van der Waals surface area contributed by atoms with Crippen LogP contribution in [0, 0.1) is 0 Å². The van der Waals surface area contributed by atoms with Gasteiger partial charge in [0.05, 0.1) is 18.3 Å². The zero-order valence-corrected chi connectivity index (χ0v) is 17.1. The van der Waals surface area contributed by atoms with Crippen LogP contribution >= 0.6 is 15.9 Å². The number of imidazole rings is 1. The maximum absolute atomic E-state index is 13.3. The molecule has 7 nitrogen and oxygen atoms in total. The molecule has 0 aliphatic carbocycles. The summed E-state index contributed by atoms with van der Waals surface area (Å²) < 4.78 is 33.8. The summed E-state index contributed by atoms with van der Waals surface area (Å²) in [6, 6.07) is 10.5. The predicted octanol–water partition coefficient (Wildman–Crippen LogP) is 2.45. The average molecular weight is 451 g/mol. The van der Waals surface area contributed by atoms with Crippen LogP contribution in [0.4, 0.5) is 5.69 Å². The third-order valence-electron chi connectivity index (χ3n) is 4.64. The van der Waals surface area contributed by atoms with Gasteiger partial charge in [-0.2, -0.15) is 0 Å². The second-order valence-corrected chi connectivity index (χ2v) is 8.92. The van der Waals surface area contributed by atoms with Gasteiger partial charge in [0.2, 0.25) is 0 Å². The first-order valence-electron chi connectivity index (χ1n) is 8.53. The van der Waals surface area contributed by atoms with Gasteiger partial charge in [-0.3, -0.25) is 0 Å². The highest BCUT2D eigenvalue weighted by molar-refractivity contribution is 9.10. The number of nitrogens with one attached hydrogen (secondary N) is 1. The molecule has 0 amide bonds. The van der Waals surface area contributed by atoms with Crippen LogP contribution in [0.5, 0.6) is 5.75 Å². The van der Waals surface area contributed by atoms with E-state index in [1.54, 1.807) is 24.3 Å². The minimum Gasteiger partial charge on any atom is -0.495 e. The first-order chi connectivity index (χ1) is 13.0. The van der Waals surface area contributed by atoms with Gasteiger partial charge in [0.1, 0.15) is 22.5 Å². The monoisotopic (exact) mass is 450 g/mol. The second-order valence-electron chi connectivity index (χ2n) is 6.22. The molecule has 9 heteroatoms. The highest BCUT2D eigenvalue weighted by atomic mass is 79.9. The van der Waals surface area contributed by atoms with Gasteiger partial charge in [0, 0.05) is 30.7 Å². The van der Waals surface area contributed by atoms with Crippen LogP contribution in [-0.2, 0) is 10.0 Å². The van der Waals surface area contributed by atoms with Gasteiger partial charge in [-0.1, -0.05) is 22.0 Å². The Bertz CT molecular complexity index is 1090. The maximum atomic E-state index is 13.3. The quantitative estimate of drug-likeness (QED) is 0.657. The van der Waals surface area contributed by atoms with E-state index >= 15 is 0 Å². The van der Waals surface area contributed by atoms with E-state index in [-0.39, 0.29) is 4.90 Å². The van der Waals surface area contributed by atoms with E-state index in [4.69, 9.17) is 4.74 Å². The molecule has 4 rings (SSSR count). The van der Waals surface area contributed by atoms with Crippen LogP contribution in [-0.4, -0.2) is 50.7 Å². The summed E-state index contributed by atoms with van der Waals surface area (Å²) in [6.45, 7) is 3.51. The van der Waals surface area contributed by atoms with Crippen molar-refractivity contribution in [3.05, 3.63) is 47.2 Å². The van der Waals surface area contributed by atoms with Crippen molar-refractivity contribution in [3.63, 3.8) is 0 Å². The number of piperazine rings is 1. The van der Waals surface area contributed by atoms with Gasteiger partial charge in [-0.15, -0.1) is 0 Å². The van der Waals surface area contributed by atoms with E-state index in [0.29, 0.717) is 21.3 Å². The number of anilines is 1. The number of hydrogen-bond donors (Lipinski definition) is 1. The fourth-order valence-electron chi connectivity index (χ4n) is 3.31. The number of para-hydroxylation sites is 1. The van der Waals surface area contributed by atoms with Crippen molar-refractivity contribution in [2.75, 3.05) is 38.2 Å². The van der Waals surface area contributed by atoms with Crippen LogP contribution in [0.1, 0.15) is 0 Å². The molecule has 2 aromatic carbocycles. The van der Waals surface area contributed by atoms with E-state index in [9.17, 15) is 8.42 Å². The number of nitrogens with zero attached hydrogens (tertiary/aromatic N) is 3. The van der Waals surface area contributed by atoms with Gasteiger partial charge >= 0.3 is 0 Å². The summed E-state index contributed by atoms with van der Waals surface area (Å²) in [5.74, 6) is 0.290. The van der Waals surface area contributed by atoms with Crippen molar-refractivity contribution in [3.8, 4) is 5.75 Å². The number of hydrogen-bond acceptors (Lipinski definition) is 6. The fourth-order valence-corrected chi connectivity index (χ4v) is 5.30. The standard InChI is InChI=1S/C18H19BrN4O3S/c1-26-16-6-5-13(19)11-17(16)27(24,25)23-12-21-18-14(3-2-4-15(18)23)22-9-7-20-8-10-22/h2-6,11-12,20H,7-10H2,1H3. The molecule has 1 N–H and O–H groups in total. The number of aromatic nitrogens is 2. The Balaban J connectivity index is 1.86. The number of rotatable bonds is 4. The number of halogens is 1. The SMILES string of the molecule is COc1ccc(Br)cc1S(=O)(=O)n1cnc2c(N3CCNCC3)cccc21. The van der Waals surface area contributed by atoms with Crippen molar-refractivity contribution in [2.24, 2.45) is 0 Å². The Labute approximate surface area is 166 Å². The molecule has 0 unspecified atom stereocenters. The molecule has 142 valence electrons. The van der Waals surface area contributed by atoms with Crippen LogP contribution in [0.2, 0.25) is 0 Å². The Kier molecular flexibility index (Phi) is 4.83. The average Bonchev–Trinajstić information content (AvgIpc) is 3.13. The minimum absolute atomic E-state index is 0.0891. The zero-order chi connectivity index (χ0) is 19.0. The number of ether oxygens (including phenoxy) is 1. The van der Waals surface area contributed by atoms with Crippen molar-refractivity contribution in [2.45, 2.75) is 4.90 Å². The highest BCUT2D eigenvalue weighted by Crippen LogP contribution is 2.32. The zero-order valence-electron chi connectivity index (χ0n) is 14.7. The molecular formula is C18H19BrN4O3S. The molecule has 1 fully saturated rings. The molecule has 1 saturated heterocycles. The summed E-state index contributed by atoms with van der Waals surface area (Å²) in [4.78, 5) is 6.75. The Morgan fingerprint density at radius 1 is 1.19 bits per heavy atom. The molecule has 0 atom stereocenters.